The molecule has 5 aromatic rings. The second-order valence-corrected chi connectivity index (χ2v) is 25.2. The maximum absolute atomic E-state index is 13.5. The maximum Gasteiger partial charge on any atom is 0.338 e. The molecule has 1 saturated carbocycles. The van der Waals surface area contributed by atoms with E-state index in [9.17, 15) is 36.3 Å². The number of H-pyrrole nitrogens is 1. The number of aromatic hydroxyl groups is 2. The Kier molecular flexibility index (Phi) is 19.7. The van der Waals surface area contributed by atoms with E-state index in [-0.39, 0.29) is 63.8 Å². The number of aromatic nitrogens is 1. The number of ether oxygens (including phenoxy) is 8. The maximum atomic E-state index is 13.5. The number of carboxylic acids is 1. The molecule has 2 saturated heterocycles. The van der Waals surface area contributed by atoms with Crippen molar-refractivity contribution < 1.29 is 84.4 Å². The lowest BCUT2D eigenvalue weighted by atomic mass is 9.63. The molecular weight excluding hydrogens is 1130 g/mol. The number of nitrogens with two attached hydrogens (primary N) is 2. The van der Waals surface area contributed by atoms with Gasteiger partial charge in [0, 0.05) is 69.5 Å². The first-order valence-electron chi connectivity index (χ1n) is 26.1. The summed E-state index contributed by atoms with van der Waals surface area (Å²) in [5, 5.41) is 33.2. The molecule has 8 atom stereocenters. The van der Waals surface area contributed by atoms with E-state index < -0.39 is 66.1 Å². The van der Waals surface area contributed by atoms with Gasteiger partial charge in [-0.3, -0.25) is 14.5 Å². The number of nitrogens with one attached hydrogen (secondary N) is 1. The quantitative estimate of drug-likeness (QED) is 0.0503. The molecule has 9 rings (SSSR count). The van der Waals surface area contributed by atoms with Gasteiger partial charge in [0.15, 0.2) is 23.0 Å². The number of carbonyl (C=O) groups excluding carboxylic acids is 2. The number of primary sulfonamides is 1. The molecule has 3 fully saturated rings. The zero-order valence-electron chi connectivity index (χ0n) is 47.1. The van der Waals surface area contributed by atoms with Gasteiger partial charge in [-0.1, -0.05) is 17.7 Å². The van der Waals surface area contributed by atoms with Crippen LogP contribution in [0.4, 0.5) is 0 Å². The van der Waals surface area contributed by atoms with E-state index in [2.05, 4.69) is 16.0 Å². The number of benzene rings is 4. The predicted molar refractivity (Wildman–Crippen MR) is 301 cm³/mol. The number of likely N-dealkylation sites (N-methyl/N-ethyl adjacent to an activating group) is 1. The fourth-order valence-corrected chi connectivity index (χ4v) is 14.0. The van der Waals surface area contributed by atoms with Crippen molar-refractivity contribution in [1.82, 2.24) is 14.2 Å². The molecule has 0 amide bonds. The number of esters is 2. The Morgan fingerprint density at radius 3 is 2.18 bits per heavy atom. The van der Waals surface area contributed by atoms with E-state index in [4.69, 9.17) is 70.6 Å². The summed E-state index contributed by atoms with van der Waals surface area (Å²) in [5.74, 6) is -1.20. The average molecular weight is 1200 g/mol. The van der Waals surface area contributed by atoms with Crippen molar-refractivity contribution in [2.24, 2.45) is 28.6 Å². The van der Waals surface area contributed by atoms with Crippen LogP contribution in [-0.4, -0.2) is 164 Å². The van der Waals surface area contributed by atoms with Crippen LogP contribution < -0.4 is 29.8 Å². The molecule has 0 spiro atoms. The topological polar surface area (TPSA) is 328 Å². The van der Waals surface area contributed by atoms with Gasteiger partial charge in [0.05, 0.1) is 68.6 Å². The zero-order chi connectivity index (χ0) is 60.2. The van der Waals surface area contributed by atoms with Crippen molar-refractivity contribution in [3.05, 3.63) is 94.1 Å². The molecule has 4 aliphatic rings. The number of piperidine rings is 1. The van der Waals surface area contributed by atoms with E-state index in [1.165, 1.54) is 89.4 Å². The van der Waals surface area contributed by atoms with Gasteiger partial charge in [-0.25, -0.2) is 26.8 Å². The lowest BCUT2D eigenvalue weighted by Gasteiger charge is -2.52. The summed E-state index contributed by atoms with van der Waals surface area (Å²) in [4.78, 5) is 43.3. The minimum atomic E-state index is -4.12. The van der Waals surface area contributed by atoms with Crippen LogP contribution in [0.2, 0.25) is 5.02 Å². The lowest BCUT2D eigenvalue weighted by molar-refractivity contribution is -0.176. The molecular formula is C56H72ClN5O18S2. The molecule has 3 aliphatic heterocycles. The average Bonchev–Trinajstić information content (AvgIpc) is 4.17. The van der Waals surface area contributed by atoms with Gasteiger partial charge >= 0.3 is 17.9 Å². The van der Waals surface area contributed by atoms with Crippen molar-refractivity contribution >= 4 is 60.5 Å². The second kappa shape index (κ2) is 25.6. The molecule has 1 aromatic heterocycles. The fraction of sp³-hybridized carbons (Fsp3) is 0.482. The van der Waals surface area contributed by atoms with Gasteiger partial charge in [0.1, 0.15) is 28.4 Å². The van der Waals surface area contributed by atoms with Crippen LogP contribution in [0, 0.1) is 17.8 Å². The molecule has 1 unspecified atom stereocenters. The summed E-state index contributed by atoms with van der Waals surface area (Å²) < 4.78 is 94.1. The van der Waals surface area contributed by atoms with Gasteiger partial charge in [-0.05, 0) is 124 Å². The van der Waals surface area contributed by atoms with Gasteiger partial charge in [0.25, 0.3) is 0 Å². The summed E-state index contributed by atoms with van der Waals surface area (Å²) in [7, 11) is 2.52. The van der Waals surface area contributed by atoms with Gasteiger partial charge in [-0.2, -0.15) is 4.31 Å². The van der Waals surface area contributed by atoms with Crippen LogP contribution in [0.25, 0.3) is 10.9 Å². The predicted octanol–water partition coefficient (Wildman–Crippen LogP) is 5.79. The largest absolute Gasteiger partial charge is 0.504 e. The number of carboxylic acid groups (broad SMARTS) is 1. The Balaban J connectivity index is 0.000000211. The van der Waals surface area contributed by atoms with Crippen molar-refractivity contribution in [3.63, 3.8) is 0 Å². The highest BCUT2D eigenvalue weighted by Crippen LogP contribution is 2.51. The van der Waals surface area contributed by atoms with Crippen molar-refractivity contribution in [1.29, 1.82) is 0 Å². The van der Waals surface area contributed by atoms with Crippen LogP contribution >= 0.6 is 11.6 Å². The monoisotopic (exact) mass is 1200 g/mol. The molecule has 23 nitrogen and oxygen atoms in total. The first kappa shape index (κ1) is 63.2. The number of fused-ring (bicyclic) bond motifs is 6. The number of carbonyl (C=O) groups is 3. The third-order valence-electron chi connectivity index (χ3n) is 15.6. The number of hydrogen-bond donors (Lipinski definition) is 6. The number of rotatable bonds is 16. The number of sulfonamides is 2. The van der Waals surface area contributed by atoms with E-state index in [1.54, 1.807) is 26.4 Å². The van der Waals surface area contributed by atoms with Gasteiger partial charge < -0.3 is 63.9 Å². The first-order chi connectivity index (χ1) is 38.6. The Bertz CT molecular complexity index is 3360. The third kappa shape index (κ3) is 13.6. The number of hydrogen-bond acceptors (Lipinski definition) is 19. The highest BCUT2D eigenvalue weighted by atomic mass is 35.5. The minimum absolute atomic E-state index is 0.0170. The number of aliphatic carboxylic acids is 1. The van der Waals surface area contributed by atoms with Crippen LogP contribution in [0.1, 0.15) is 72.8 Å². The summed E-state index contributed by atoms with van der Waals surface area (Å²) in [6, 6.07) is 16.9. The number of nitrogens with zero attached hydrogens (tertiary/aromatic N) is 2. The molecule has 8 N–H and O–H groups in total. The van der Waals surface area contributed by atoms with Crippen LogP contribution in [0.15, 0.2) is 76.5 Å². The van der Waals surface area contributed by atoms with Crippen molar-refractivity contribution in [2.75, 3.05) is 75.9 Å². The van der Waals surface area contributed by atoms with Gasteiger partial charge in [0.2, 0.25) is 25.8 Å². The molecule has 0 radical (unpaired) electrons. The standard InChI is InChI=1S/C33H40N2O9.C13H19ClN2O5S2.C10H13NO4/c1-38-19-7-8-20-21-9-10-35-16-18-13-27(44-32(36)17-11-25(39-2)30(41-4)26(12-17)40-3)31(42-5)28(33(37)43-6)22(18)15-24(35)29(21)34-23(20)14-19;1-13(6-3-7-21-13)9-16(2)23(19,20)10-4-5-11(14)12(8-10)22(15,17)18;1-10(11,9(14)15)5-6-2-3-7(12)8(13)4-6/h7-8,11-12,14,18,22,24,27-28,31,34H,9-10,13,15-16H2,1-6H3;4-5,8H,3,6-7,9H2,1-2H3,(H2,15,17,18);2-4,12-13H,5,11H2,1H3,(H,14,15)/t18-,22+,24-,27-,28+,31+;;10-/m1.0/s1. The second-order valence-electron chi connectivity index (χ2n) is 21.2. The van der Waals surface area contributed by atoms with E-state index >= 15 is 0 Å². The molecule has 1 aliphatic carbocycles. The van der Waals surface area contributed by atoms with Gasteiger partial charge in [-0.15, -0.1) is 0 Å². The van der Waals surface area contributed by atoms with E-state index in [1.807, 2.05) is 19.1 Å². The summed E-state index contributed by atoms with van der Waals surface area (Å²) >= 11 is 5.78. The zero-order valence-corrected chi connectivity index (χ0v) is 49.5. The number of methoxy groups -OCH3 is 6. The smallest absolute Gasteiger partial charge is 0.338 e. The number of phenolic OH excluding ortho intramolecular Hbond substituents is 2. The molecule has 82 heavy (non-hydrogen) atoms. The normalized spacial score (nSPS) is 23.0. The SMILES string of the molecule is CN(CC1(C)CCCO1)S(=O)(=O)c1ccc(Cl)c(S(N)(=O)=O)c1.COC(=O)[C@H]1[C@H]2C[C@@H]3c4[nH]c5cc(OC)ccc5c4CCN3C[C@H]2C[C@@H](OC(=O)c2cc(OC)c(OC)c(OC)c2)[C@@H]1OC.C[C@](N)(Cc1ccc(O)c(O)c1)C(=O)O. The summed E-state index contributed by atoms with van der Waals surface area (Å²) in [5.41, 5.74) is 7.99. The Morgan fingerprint density at radius 2 is 1.61 bits per heavy atom. The van der Waals surface area contributed by atoms with Crippen molar-refractivity contribution in [2.45, 2.75) is 91.6 Å². The summed E-state index contributed by atoms with van der Waals surface area (Å²) in [6.45, 7) is 5.69. The molecule has 4 aromatic carbocycles. The van der Waals surface area contributed by atoms with Crippen LogP contribution in [0.3, 0.4) is 0 Å². The van der Waals surface area contributed by atoms with Crippen molar-refractivity contribution in [3.8, 4) is 34.5 Å². The van der Waals surface area contributed by atoms with Crippen LogP contribution in [-0.2, 0) is 61.4 Å². The highest BCUT2D eigenvalue weighted by Gasteiger charge is 2.54. The highest BCUT2D eigenvalue weighted by molar-refractivity contribution is 7.90. The summed E-state index contributed by atoms with van der Waals surface area (Å²) in [6.07, 6.45) is 2.64. The Hall–Kier alpha value is -6.42. The molecule has 0 bridgehead atoms. The minimum Gasteiger partial charge on any atom is -0.504 e. The number of aromatic amines is 1. The van der Waals surface area contributed by atoms with Crippen LogP contribution in [0.5, 0.6) is 34.5 Å². The molecule has 448 valence electrons. The lowest BCUT2D eigenvalue weighted by Crippen LogP contribution is -2.58. The molecule has 4 heterocycles. The molecule has 26 heteroatoms. The third-order valence-corrected chi connectivity index (χ3v) is 18.8. The van der Waals surface area contributed by atoms with E-state index in [0.29, 0.717) is 35.8 Å². The number of halogens is 1. The Morgan fingerprint density at radius 1 is 0.915 bits per heavy atom. The fourth-order valence-electron chi connectivity index (χ4n) is 11.5. The first-order valence-corrected chi connectivity index (χ1v) is 29.5. The number of phenols is 2. The van der Waals surface area contributed by atoms with E-state index in [0.717, 1.165) is 60.4 Å². The Labute approximate surface area is 481 Å².